The summed E-state index contributed by atoms with van der Waals surface area (Å²) in [6.45, 7) is 5.24. The predicted molar refractivity (Wildman–Crippen MR) is 68.6 cm³/mol. The molecule has 4 heteroatoms. The van der Waals surface area contributed by atoms with Crippen molar-refractivity contribution < 1.29 is 4.79 Å². The standard InChI is InChI=1S/C13H25N3O/c1-2-16-7-3-4-11(16)9-15-13(17)8-12(14)10-5-6-10/h10-12H,2-9,14H2,1H3,(H,15,17). The summed E-state index contributed by atoms with van der Waals surface area (Å²) in [5.74, 6) is 0.742. The van der Waals surface area contributed by atoms with E-state index in [2.05, 4.69) is 17.1 Å². The van der Waals surface area contributed by atoms with Crippen molar-refractivity contribution in [2.75, 3.05) is 19.6 Å². The molecule has 1 saturated carbocycles. The summed E-state index contributed by atoms with van der Waals surface area (Å²) >= 11 is 0. The van der Waals surface area contributed by atoms with Crippen molar-refractivity contribution in [2.24, 2.45) is 11.7 Å². The number of likely N-dealkylation sites (N-methyl/N-ethyl adjacent to an activating group) is 1. The molecule has 2 rings (SSSR count). The van der Waals surface area contributed by atoms with Gasteiger partial charge in [-0.1, -0.05) is 6.92 Å². The Hall–Kier alpha value is -0.610. The normalized spacial score (nSPS) is 27.1. The average molecular weight is 239 g/mol. The molecule has 3 N–H and O–H groups in total. The molecule has 0 radical (unpaired) electrons. The minimum absolute atomic E-state index is 0.0841. The highest BCUT2D eigenvalue weighted by atomic mass is 16.1. The fourth-order valence-electron chi connectivity index (χ4n) is 2.75. The third-order valence-electron chi connectivity index (χ3n) is 4.09. The van der Waals surface area contributed by atoms with Gasteiger partial charge < -0.3 is 11.1 Å². The monoisotopic (exact) mass is 239 g/mol. The van der Waals surface area contributed by atoms with Crippen molar-refractivity contribution in [3.8, 4) is 0 Å². The molecule has 17 heavy (non-hydrogen) atoms. The first kappa shape index (κ1) is 12.8. The van der Waals surface area contributed by atoms with E-state index in [9.17, 15) is 4.79 Å². The fourth-order valence-corrected chi connectivity index (χ4v) is 2.75. The number of nitrogens with one attached hydrogen (secondary N) is 1. The van der Waals surface area contributed by atoms with E-state index in [1.165, 1.54) is 32.2 Å². The Balaban J connectivity index is 1.64. The summed E-state index contributed by atoms with van der Waals surface area (Å²) in [4.78, 5) is 14.2. The van der Waals surface area contributed by atoms with Crippen molar-refractivity contribution in [3.05, 3.63) is 0 Å². The van der Waals surface area contributed by atoms with Crippen LogP contribution in [0.3, 0.4) is 0 Å². The van der Waals surface area contributed by atoms with Crippen molar-refractivity contribution in [3.63, 3.8) is 0 Å². The molecular formula is C13H25N3O. The zero-order valence-corrected chi connectivity index (χ0v) is 10.8. The van der Waals surface area contributed by atoms with Gasteiger partial charge in [0, 0.05) is 25.0 Å². The maximum absolute atomic E-state index is 11.7. The van der Waals surface area contributed by atoms with Gasteiger partial charge in [0.25, 0.3) is 0 Å². The van der Waals surface area contributed by atoms with E-state index in [4.69, 9.17) is 5.73 Å². The van der Waals surface area contributed by atoms with Gasteiger partial charge in [-0.05, 0) is 44.7 Å². The van der Waals surface area contributed by atoms with Crippen molar-refractivity contribution in [2.45, 2.75) is 51.1 Å². The van der Waals surface area contributed by atoms with Crippen LogP contribution in [0.1, 0.15) is 39.0 Å². The number of hydrogen-bond acceptors (Lipinski definition) is 3. The van der Waals surface area contributed by atoms with Crippen LogP contribution in [0.5, 0.6) is 0 Å². The number of nitrogens with zero attached hydrogens (tertiary/aromatic N) is 1. The number of rotatable bonds is 6. The molecule has 0 spiro atoms. The predicted octanol–water partition coefficient (Wildman–Crippen LogP) is 0.714. The average Bonchev–Trinajstić information content (AvgIpc) is 3.06. The quantitative estimate of drug-likeness (QED) is 0.718. The van der Waals surface area contributed by atoms with Crippen LogP contribution in [0, 0.1) is 5.92 Å². The zero-order valence-electron chi connectivity index (χ0n) is 10.8. The van der Waals surface area contributed by atoms with Gasteiger partial charge in [0.1, 0.15) is 0 Å². The smallest absolute Gasteiger partial charge is 0.221 e. The number of amides is 1. The molecule has 4 nitrogen and oxygen atoms in total. The van der Waals surface area contributed by atoms with E-state index in [0.717, 1.165) is 13.1 Å². The molecule has 1 heterocycles. The Bertz CT molecular complexity index is 265. The molecule has 98 valence electrons. The summed E-state index contributed by atoms with van der Waals surface area (Å²) in [5.41, 5.74) is 5.95. The van der Waals surface area contributed by atoms with Gasteiger partial charge in [-0.3, -0.25) is 9.69 Å². The molecule has 0 aromatic heterocycles. The topological polar surface area (TPSA) is 58.4 Å². The van der Waals surface area contributed by atoms with Gasteiger partial charge in [0.05, 0.1) is 0 Å². The Morgan fingerprint density at radius 3 is 2.88 bits per heavy atom. The molecule has 2 fully saturated rings. The number of carbonyl (C=O) groups is 1. The Labute approximate surface area is 104 Å². The summed E-state index contributed by atoms with van der Waals surface area (Å²) in [7, 11) is 0. The van der Waals surface area contributed by atoms with Crippen LogP contribution in [0.2, 0.25) is 0 Å². The van der Waals surface area contributed by atoms with Gasteiger partial charge in [-0.2, -0.15) is 0 Å². The lowest BCUT2D eigenvalue weighted by Crippen LogP contribution is -2.41. The maximum Gasteiger partial charge on any atom is 0.221 e. The second-order valence-corrected chi connectivity index (χ2v) is 5.43. The lowest BCUT2D eigenvalue weighted by Gasteiger charge is -2.23. The molecule has 1 aliphatic carbocycles. The summed E-state index contributed by atoms with van der Waals surface area (Å²) in [6.07, 6.45) is 5.39. The second-order valence-electron chi connectivity index (χ2n) is 5.43. The summed E-state index contributed by atoms with van der Waals surface area (Å²) in [6, 6.07) is 0.627. The van der Waals surface area contributed by atoms with Crippen LogP contribution >= 0.6 is 0 Å². The molecule has 1 saturated heterocycles. The first-order valence-electron chi connectivity index (χ1n) is 6.97. The largest absolute Gasteiger partial charge is 0.354 e. The molecule has 2 unspecified atom stereocenters. The Kier molecular flexibility index (Phi) is 4.40. The van der Waals surface area contributed by atoms with Crippen LogP contribution in [0.15, 0.2) is 0 Å². The molecule has 2 aliphatic rings. The first-order valence-corrected chi connectivity index (χ1v) is 6.97. The lowest BCUT2D eigenvalue weighted by molar-refractivity contribution is -0.121. The van der Waals surface area contributed by atoms with E-state index >= 15 is 0 Å². The van der Waals surface area contributed by atoms with E-state index in [1.807, 2.05) is 0 Å². The lowest BCUT2D eigenvalue weighted by atomic mass is 10.1. The van der Waals surface area contributed by atoms with Gasteiger partial charge in [-0.25, -0.2) is 0 Å². The zero-order chi connectivity index (χ0) is 12.3. The minimum atomic E-state index is 0.0841. The van der Waals surface area contributed by atoms with E-state index in [1.54, 1.807) is 0 Å². The van der Waals surface area contributed by atoms with Gasteiger partial charge in [0.2, 0.25) is 5.91 Å². The van der Waals surface area contributed by atoms with Crippen LogP contribution < -0.4 is 11.1 Å². The molecular weight excluding hydrogens is 214 g/mol. The first-order chi connectivity index (χ1) is 8.20. The van der Waals surface area contributed by atoms with Gasteiger partial charge in [-0.15, -0.1) is 0 Å². The molecule has 2 atom stereocenters. The highest BCUT2D eigenvalue weighted by Crippen LogP contribution is 2.32. The number of hydrogen-bond donors (Lipinski definition) is 2. The van der Waals surface area contributed by atoms with Crippen LogP contribution in [-0.2, 0) is 4.79 Å². The van der Waals surface area contributed by atoms with Crippen LogP contribution in [-0.4, -0.2) is 42.5 Å². The molecule has 1 aliphatic heterocycles. The Morgan fingerprint density at radius 2 is 2.24 bits per heavy atom. The number of likely N-dealkylation sites (tertiary alicyclic amines) is 1. The van der Waals surface area contributed by atoms with Crippen LogP contribution in [0.25, 0.3) is 0 Å². The summed E-state index contributed by atoms with van der Waals surface area (Å²) in [5, 5.41) is 3.04. The van der Waals surface area contributed by atoms with Crippen molar-refractivity contribution >= 4 is 5.91 Å². The van der Waals surface area contributed by atoms with E-state index < -0.39 is 0 Å². The Morgan fingerprint density at radius 1 is 1.47 bits per heavy atom. The number of nitrogens with two attached hydrogens (primary N) is 1. The van der Waals surface area contributed by atoms with E-state index in [-0.39, 0.29) is 11.9 Å². The van der Waals surface area contributed by atoms with Crippen LogP contribution in [0.4, 0.5) is 0 Å². The third kappa shape index (κ3) is 3.68. The maximum atomic E-state index is 11.7. The fraction of sp³-hybridized carbons (Fsp3) is 0.923. The van der Waals surface area contributed by atoms with Gasteiger partial charge in [0.15, 0.2) is 0 Å². The molecule has 1 amide bonds. The van der Waals surface area contributed by atoms with Crippen molar-refractivity contribution in [1.82, 2.24) is 10.2 Å². The molecule has 0 bridgehead atoms. The molecule has 0 aromatic rings. The molecule has 0 aromatic carbocycles. The van der Waals surface area contributed by atoms with Crippen molar-refractivity contribution in [1.29, 1.82) is 0 Å². The van der Waals surface area contributed by atoms with E-state index in [0.29, 0.717) is 18.4 Å². The highest BCUT2D eigenvalue weighted by Gasteiger charge is 2.30. The SMILES string of the molecule is CCN1CCCC1CNC(=O)CC(N)C1CC1. The minimum Gasteiger partial charge on any atom is -0.354 e. The number of carbonyl (C=O) groups excluding carboxylic acids is 1. The second kappa shape index (κ2) is 5.83. The third-order valence-corrected chi connectivity index (χ3v) is 4.09. The van der Waals surface area contributed by atoms with Gasteiger partial charge >= 0.3 is 0 Å². The summed E-state index contributed by atoms with van der Waals surface area (Å²) < 4.78 is 0. The highest BCUT2D eigenvalue weighted by molar-refractivity contribution is 5.76.